The third-order valence-electron chi connectivity index (χ3n) is 5.30. The molecule has 2 saturated heterocycles. The highest BCUT2D eigenvalue weighted by Crippen LogP contribution is 2.23. The Hall–Kier alpha value is -2.87. The molecule has 2 aliphatic heterocycles. The minimum atomic E-state index is -0.464. The number of piperazine rings is 1. The molecule has 8 nitrogen and oxygen atoms in total. The number of rotatable bonds is 3. The predicted octanol–water partition coefficient (Wildman–Crippen LogP) is 1.23. The maximum Gasteiger partial charge on any atom is 0.289 e. The van der Waals surface area contributed by atoms with Gasteiger partial charge in [-0.1, -0.05) is 0 Å². The highest BCUT2D eigenvalue weighted by atomic mass is 16.3. The molecule has 1 N–H and O–H groups in total. The summed E-state index contributed by atoms with van der Waals surface area (Å²) >= 11 is 0. The summed E-state index contributed by atoms with van der Waals surface area (Å²) in [4.78, 5) is 35.4. The van der Waals surface area contributed by atoms with Crippen LogP contribution in [0.25, 0.3) is 0 Å². The number of pyridine rings is 1. The lowest BCUT2D eigenvalue weighted by atomic mass is 10.1. The number of β-amino-alcohol motifs (C(OH)–C–C–N with tert-alkyl or cyclic N) is 1. The van der Waals surface area contributed by atoms with E-state index >= 15 is 0 Å². The number of anilines is 1. The molecular weight excluding hydrogens is 360 g/mol. The number of aliphatic hydroxyl groups excluding tert-OH is 1. The van der Waals surface area contributed by atoms with Gasteiger partial charge in [-0.25, -0.2) is 4.98 Å². The lowest BCUT2D eigenvalue weighted by Gasteiger charge is -2.36. The summed E-state index contributed by atoms with van der Waals surface area (Å²) in [5.41, 5.74) is 0.544. The van der Waals surface area contributed by atoms with Crippen molar-refractivity contribution >= 4 is 17.6 Å². The third-order valence-corrected chi connectivity index (χ3v) is 5.30. The van der Waals surface area contributed by atoms with Crippen LogP contribution >= 0.6 is 0 Å². The van der Waals surface area contributed by atoms with Crippen LogP contribution in [0.4, 0.5) is 5.82 Å². The van der Waals surface area contributed by atoms with Crippen LogP contribution in [0.1, 0.15) is 33.8 Å². The molecule has 0 spiro atoms. The fourth-order valence-electron chi connectivity index (χ4n) is 3.80. The molecule has 1 atom stereocenters. The van der Waals surface area contributed by atoms with Crippen molar-refractivity contribution in [1.29, 1.82) is 0 Å². The van der Waals surface area contributed by atoms with Gasteiger partial charge in [-0.15, -0.1) is 0 Å². The Morgan fingerprint density at radius 1 is 1.04 bits per heavy atom. The Bertz CT molecular complexity index is 830. The Labute approximate surface area is 163 Å². The summed E-state index contributed by atoms with van der Waals surface area (Å²) in [5.74, 6) is 0.753. The highest BCUT2D eigenvalue weighted by Gasteiger charge is 2.29. The predicted molar refractivity (Wildman–Crippen MR) is 102 cm³/mol. The van der Waals surface area contributed by atoms with Crippen molar-refractivity contribution in [3.8, 4) is 0 Å². The third kappa shape index (κ3) is 3.73. The van der Waals surface area contributed by atoms with E-state index in [1.54, 1.807) is 40.3 Å². The van der Waals surface area contributed by atoms with Crippen molar-refractivity contribution in [1.82, 2.24) is 14.8 Å². The first kappa shape index (κ1) is 18.5. The molecule has 0 aliphatic carbocycles. The number of piperidine rings is 1. The summed E-state index contributed by atoms with van der Waals surface area (Å²) in [6, 6.07) is 6.91. The fraction of sp³-hybridized carbons (Fsp3) is 0.450. The first-order valence-corrected chi connectivity index (χ1v) is 9.63. The van der Waals surface area contributed by atoms with Crippen LogP contribution in [0.5, 0.6) is 0 Å². The minimum Gasteiger partial charge on any atom is -0.459 e. The van der Waals surface area contributed by atoms with Gasteiger partial charge in [-0.05, 0) is 37.1 Å². The largest absolute Gasteiger partial charge is 0.459 e. The Kier molecular flexibility index (Phi) is 5.29. The number of amides is 2. The van der Waals surface area contributed by atoms with E-state index in [-0.39, 0.29) is 11.8 Å². The SMILES string of the molecule is O=C(c1ccco1)N1CCN(c2ncccc2C(=O)N2CCCC(O)C2)CC1. The van der Waals surface area contributed by atoms with Crippen LogP contribution in [0, 0.1) is 0 Å². The zero-order chi connectivity index (χ0) is 19.5. The van der Waals surface area contributed by atoms with E-state index in [9.17, 15) is 14.7 Å². The van der Waals surface area contributed by atoms with Gasteiger partial charge in [0.1, 0.15) is 5.82 Å². The number of aliphatic hydroxyl groups is 1. The normalized spacial score (nSPS) is 20.3. The Balaban J connectivity index is 1.46. The molecule has 2 amide bonds. The maximum atomic E-state index is 13.0. The van der Waals surface area contributed by atoms with E-state index in [1.165, 1.54) is 6.26 Å². The first-order valence-electron chi connectivity index (χ1n) is 9.63. The fourth-order valence-corrected chi connectivity index (χ4v) is 3.80. The van der Waals surface area contributed by atoms with Crippen molar-refractivity contribution in [3.05, 3.63) is 48.0 Å². The average molecular weight is 384 g/mol. The van der Waals surface area contributed by atoms with E-state index in [1.807, 2.05) is 4.90 Å². The summed E-state index contributed by atoms with van der Waals surface area (Å²) < 4.78 is 5.20. The molecule has 0 radical (unpaired) electrons. The molecule has 0 aromatic carbocycles. The van der Waals surface area contributed by atoms with Crippen LogP contribution < -0.4 is 4.90 Å². The number of nitrogens with zero attached hydrogens (tertiary/aromatic N) is 4. The number of hydrogen-bond acceptors (Lipinski definition) is 6. The quantitative estimate of drug-likeness (QED) is 0.856. The van der Waals surface area contributed by atoms with E-state index in [0.717, 1.165) is 12.8 Å². The smallest absolute Gasteiger partial charge is 0.289 e. The first-order chi connectivity index (χ1) is 13.6. The number of carbonyl (C=O) groups is 2. The summed E-state index contributed by atoms with van der Waals surface area (Å²) in [6.45, 7) is 3.26. The van der Waals surface area contributed by atoms with E-state index in [0.29, 0.717) is 56.4 Å². The van der Waals surface area contributed by atoms with Crippen molar-refractivity contribution in [2.75, 3.05) is 44.2 Å². The topological polar surface area (TPSA) is 90.1 Å². The molecule has 2 fully saturated rings. The monoisotopic (exact) mass is 384 g/mol. The van der Waals surface area contributed by atoms with Crippen LogP contribution in [0.15, 0.2) is 41.1 Å². The zero-order valence-corrected chi connectivity index (χ0v) is 15.7. The van der Waals surface area contributed by atoms with E-state index in [2.05, 4.69) is 4.98 Å². The minimum absolute atomic E-state index is 0.101. The highest BCUT2D eigenvalue weighted by molar-refractivity contribution is 5.99. The van der Waals surface area contributed by atoms with Gasteiger partial charge < -0.3 is 24.2 Å². The van der Waals surface area contributed by atoms with Crippen LogP contribution in [-0.4, -0.2) is 77.1 Å². The molecule has 2 aliphatic rings. The standard InChI is InChI=1S/C20H24N4O4/c25-15-4-2-8-24(14-15)19(26)16-5-1-7-21-18(16)22-9-11-23(12-10-22)20(27)17-6-3-13-28-17/h1,3,5-7,13,15,25H,2,4,8-12,14H2. The zero-order valence-electron chi connectivity index (χ0n) is 15.7. The molecule has 0 bridgehead atoms. The number of likely N-dealkylation sites (tertiary alicyclic amines) is 1. The summed E-state index contributed by atoms with van der Waals surface area (Å²) in [7, 11) is 0. The van der Waals surface area contributed by atoms with Gasteiger partial charge in [-0.3, -0.25) is 9.59 Å². The second-order valence-electron chi connectivity index (χ2n) is 7.18. The van der Waals surface area contributed by atoms with Crippen molar-refractivity contribution in [3.63, 3.8) is 0 Å². The van der Waals surface area contributed by atoms with Gasteiger partial charge in [0.25, 0.3) is 11.8 Å². The molecule has 8 heteroatoms. The van der Waals surface area contributed by atoms with Crippen molar-refractivity contribution < 1.29 is 19.1 Å². The molecule has 148 valence electrons. The lowest BCUT2D eigenvalue weighted by Crippen LogP contribution is -2.49. The summed E-state index contributed by atoms with van der Waals surface area (Å²) in [5, 5.41) is 9.89. The van der Waals surface area contributed by atoms with Crippen LogP contribution in [0.3, 0.4) is 0 Å². The van der Waals surface area contributed by atoms with E-state index in [4.69, 9.17) is 4.42 Å². The second kappa shape index (κ2) is 8.02. The number of aromatic nitrogens is 1. The number of furan rings is 1. The molecule has 0 saturated carbocycles. The lowest BCUT2D eigenvalue weighted by molar-refractivity contribution is 0.0473. The molecule has 4 rings (SSSR count). The van der Waals surface area contributed by atoms with Gasteiger partial charge in [0.2, 0.25) is 0 Å². The summed E-state index contributed by atoms with van der Waals surface area (Å²) in [6.07, 6.45) is 4.24. The maximum absolute atomic E-state index is 13.0. The van der Waals surface area contributed by atoms with Crippen LogP contribution in [-0.2, 0) is 0 Å². The molecule has 28 heavy (non-hydrogen) atoms. The second-order valence-corrected chi connectivity index (χ2v) is 7.18. The molecule has 1 unspecified atom stereocenters. The van der Waals surface area contributed by atoms with Crippen LogP contribution in [0.2, 0.25) is 0 Å². The van der Waals surface area contributed by atoms with Gasteiger partial charge in [0.15, 0.2) is 5.76 Å². The molecule has 2 aromatic rings. The van der Waals surface area contributed by atoms with Gasteiger partial charge in [0, 0.05) is 45.5 Å². The number of carbonyl (C=O) groups excluding carboxylic acids is 2. The van der Waals surface area contributed by atoms with Crippen molar-refractivity contribution in [2.45, 2.75) is 18.9 Å². The van der Waals surface area contributed by atoms with Gasteiger partial charge in [-0.2, -0.15) is 0 Å². The van der Waals surface area contributed by atoms with Gasteiger partial charge >= 0.3 is 0 Å². The average Bonchev–Trinajstić information content (AvgIpc) is 3.28. The van der Waals surface area contributed by atoms with Gasteiger partial charge in [0.05, 0.1) is 17.9 Å². The molecular formula is C20H24N4O4. The molecule has 2 aromatic heterocycles. The Morgan fingerprint density at radius 3 is 2.57 bits per heavy atom. The van der Waals surface area contributed by atoms with E-state index < -0.39 is 6.10 Å². The molecule has 4 heterocycles. The van der Waals surface area contributed by atoms with Crippen molar-refractivity contribution in [2.24, 2.45) is 0 Å². The number of hydrogen-bond donors (Lipinski definition) is 1. The Morgan fingerprint density at radius 2 is 1.86 bits per heavy atom.